The number of aromatic nitrogens is 4. The van der Waals surface area contributed by atoms with Crippen molar-refractivity contribution in [2.45, 2.75) is 18.9 Å². The lowest BCUT2D eigenvalue weighted by atomic mass is 10.1. The molecule has 0 aliphatic heterocycles. The summed E-state index contributed by atoms with van der Waals surface area (Å²) in [6, 6.07) is 7.19. The second-order valence-corrected chi connectivity index (χ2v) is 5.60. The zero-order chi connectivity index (χ0) is 15.8. The average molecular weight is 331 g/mol. The highest BCUT2D eigenvalue weighted by Crippen LogP contribution is 2.34. The Kier molecular flexibility index (Phi) is 3.34. The molecule has 116 valence electrons. The largest absolute Gasteiger partial charge is 0.489 e. The van der Waals surface area contributed by atoms with E-state index in [-0.39, 0.29) is 11.9 Å². The normalized spacial score (nSPS) is 14.0. The minimum atomic E-state index is -0.634. The average Bonchev–Trinajstić information content (AvgIpc) is 3.28. The lowest BCUT2D eigenvalue weighted by Gasteiger charge is -2.08. The highest BCUT2D eigenvalue weighted by atomic mass is 35.5. The number of benzene rings is 1. The number of hydrogen-bond donors (Lipinski definition) is 1. The highest BCUT2D eigenvalue weighted by Gasteiger charge is 2.24. The van der Waals surface area contributed by atoms with Crippen LogP contribution in [0.4, 0.5) is 0 Å². The van der Waals surface area contributed by atoms with Crippen LogP contribution in [-0.2, 0) is 0 Å². The van der Waals surface area contributed by atoms with E-state index in [0.29, 0.717) is 22.2 Å². The predicted molar refractivity (Wildman–Crippen MR) is 82.2 cm³/mol. The van der Waals surface area contributed by atoms with Crippen molar-refractivity contribution in [3.63, 3.8) is 0 Å². The second kappa shape index (κ2) is 5.51. The van der Waals surface area contributed by atoms with Gasteiger partial charge in [-0.1, -0.05) is 16.8 Å². The summed E-state index contributed by atoms with van der Waals surface area (Å²) in [5.41, 5.74) is 1.92. The van der Waals surface area contributed by atoms with E-state index in [1.54, 1.807) is 12.1 Å². The van der Waals surface area contributed by atoms with Crippen LogP contribution < -0.4 is 10.5 Å². The molecule has 1 saturated carbocycles. The van der Waals surface area contributed by atoms with Crippen LogP contribution in [0, 0.1) is 0 Å². The Morgan fingerprint density at radius 1 is 1.22 bits per heavy atom. The number of ether oxygens (including phenoxy) is 1. The Hall–Kier alpha value is -2.67. The molecule has 1 fully saturated rings. The SMILES string of the molecule is O=c1[nH]c(-c2cc(-c3ccc(OC4CC4)c(Cl)c3)ncn2)no1. The van der Waals surface area contributed by atoms with Crippen molar-refractivity contribution in [3.8, 4) is 28.5 Å². The van der Waals surface area contributed by atoms with E-state index >= 15 is 0 Å². The smallest absolute Gasteiger partial charge is 0.439 e. The molecule has 2 heterocycles. The molecule has 7 nitrogen and oxygen atoms in total. The molecule has 8 heteroatoms. The number of rotatable bonds is 4. The summed E-state index contributed by atoms with van der Waals surface area (Å²) in [4.78, 5) is 21.8. The Morgan fingerprint density at radius 3 is 2.74 bits per heavy atom. The number of nitrogens with zero attached hydrogens (tertiary/aromatic N) is 3. The summed E-state index contributed by atoms with van der Waals surface area (Å²) < 4.78 is 10.2. The molecule has 23 heavy (non-hydrogen) atoms. The van der Waals surface area contributed by atoms with Gasteiger partial charge in [0.15, 0.2) is 0 Å². The Balaban J connectivity index is 1.67. The van der Waals surface area contributed by atoms with Crippen LogP contribution in [0.15, 0.2) is 39.9 Å². The molecule has 1 N–H and O–H groups in total. The van der Waals surface area contributed by atoms with Gasteiger partial charge in [-0.25, -0.2) is 14.8 Å². The van der Waals surface area contributed by atoms with Crippen molar-refractivity contribution in [2.24, 2.45) is 0 Å². The van der Waals surface area contributed by atoms with Crippen LogP contribution in [0.1, 0.15) is 12.8 Å². The number of nitrogens with one attached hydrogen (secondary N) is 1. The Labute approximate surface area is 135 Å². The highest BCUT2D eigenvalue weighted by molar-refractivity contribution is 6.32. The number of halogens is 1. The second-order valence-electron chi connectivity index (χ2n) is 5.19. The van der Waals surface area contributed by atoms with Gasteiger partial charge < -0.3 is 4.74 Å². The summed E-state index contributed by atoms with van der Waals surface area (Å²) in [6.07, 6.45) is 3.82. The third kappa shape index (κ3) is 2.95. The van der Waals surface area contributed by atoms with Gasteiger partial charge in [-0.15, -0.1) is 0 Å². The monoisotopic (exact) mass is 330 g/mol. The van der Waals surface area contributed by atoms with E-state index in [4.69, 9.17) is 16.3 Å². The molecule has 0 bridgehead atoms. The first-order valence-electron chi connectivity index (χ1n) is 7.04. The molecule has 1 aliphatic rings. The van der Waals surface area contributed by atoms with Gasteiger partial charge in [-0.2, -0.15) is 0 Å². The molecular weight excluding hydrogens is 320 g/mol. The molecule has 0 radical (unpaired) electrons. The van der Waals surface area contributed by atoms with Crippen LogP contribution in [0.2, 0.25) is 5.02 Å². The molecule has 2 aromatic heterocycles. The number of hydrogen-bond acceptors (Lipinski definition) is 6. The Morgan fingerprint density at radius 2 is 2.04 bits per heavy atom. The molecule has 4 rings (SSSR count). The number of H-pyrrole nitrogens is 1. The van der Waals surface area contributed by atoms with Crippen LogP contribution in [0.3, 0.4) is 0 Å². The summed E-state index contributed by atoms with van der Waals surface area (Å²) >= 11 is 6.27. The van der Waals surface area contributed by atoms with E-state index in [9.17, 15) is 4.79 Å². The van der Waals surface area contributed by atoms with Crippen LogP contribution in [-0.4, -0.2) is 26.2 Å². The summed E-state index contributed by atoms with van der Waals surface area (Å²) in [6.45, 7) is 0. The van der Waals surface area contributed by atoms with Gasteiger partial charge in [-0.05, 0) is 37.1 Å². The number of aromatic amines is 1. The van der Waals surface area contributed by atoms with Gasteiger partial charge in [0, 0.05) is 5.56 Å². The fraction of sp³-hybridized carbons (Fsp3) is 0.200. The zero-order valence-corrected chi connectivity index (χ0v) is 12.6. The standard InChI is InChI=1S/C15H11ClN4O3/c16-10-5-8(1-4-13(10)22-9-2-3-9)11-6-12(18-7-17-11)14-19-15(21)23-20-14/h1,4-7,9H,2-3H2,(H,19,20,21). The van der Waals surface area contributed by atoms with Crippen LogP contribution >= 0.6 is 11.6 Å². The topological polar surface area (TPSA) is 93.9 Å². The summed E-state index contributed by atoms with van der Waals surface area (Å²) in [7, 11) is 0. The van der Waals surface area contributed by atoms with Crippen LogP contribution in [0.25, 0.3) is 22.8 Å². The maximum absolute atomic E-state index is 11.0. The van der Waals surface area contributed by atoms with E-state index < -0.39 is 5.76 Å². The van der Waals surface area contributed by atoms with Gasteiger partial charge in [0.2, 0.25) is 5.82 Å². The zero-order valence-electron chi connectivity index (χ0n) is 11.8. The van der Waals surface area contributed by atoms with Crippen molar-refractivity contribution in [1.29, 1.82) is 0 Å². The lowest BCUT2D eigenvalue weighted by molar-refractivity contribution is 0.303. The van der Waals surface area contributed by atoms with Crippen molar-refractivity contribution in [2.75, 3.05) is 0 Å². The molecule has 1 aliphatic carbocycles. The molecule has 0 unspecified atom stereocenters. The molecule has 0 atom stereocenters. The lowest BCUT2D eigenvalue weighted by Crippen LogP contribution is -1.97. The summed E-state index contributed by atoms with van der Waals surface area (Å²) in [5.74, 6) is 0.288. The van der Waals surface area contributed by atoms with Crippen molar-refractivity contribution >= 4 is 11.6 Å². The minimum absolute atomic E-state index is 0.249. The maximum Gasteiger partial charge on any atom is 0.439 e. The molecular formula is C15H11ClN4O3. The third-order valence-corrected chi connectivity index (χ3v) is 3.69. The fourth-order valence-electron chi connectivity index (χ4n) is 2.11. The van der Waals surface area contributed by atoms with Crippen molar-refractivity contribution in [1.82, 2.24) is 20.1 Å². The van der Waals surface area contributed by atoms with Gasteiger partial charge in [0.1, 0.15) is 17.8 Å². The van der Waals surface area contributed by atoms with Gasteiger partial charge in [0.25, 0.3) is 0 Å². The van der Waals surface area contributed by atoms with Crippen molar-refractivity contribution in [3.05, 3.63) is 46.2 Å². The fourth-order valence-corrected chi connectivity index (χ4v) is 2.33. The first kappa shape index (κ1) is 14.0. The third-order valence-electron chi connectivity index (χ3n) is 3.40. The quantitative estimate of drug-likeness (QED) is 0.790. The molecule has 0 amide bonds. The van der Waals surface area contributed by atoms with E-state index in [1.165, 1.54) is 6.33 Å². The van der Waals surface area contributed by atoms with Gasteiger partial charge >= 0.3 is 5.76 Å². The predicted octanol–water partition coefficient (Wildman–Crippen LogP) is 2.68. The molecule has 3 aromatic rings. The van der Waals surface area contributed by atoms with E-state index in [2.05, 4.69) is 24.6 Å². The van der Waals surface area contributed by atoms with Gasteiger partial charge in [-0.3, -0.25) is 9.51 Å². The molecule has 1 aromatic carbocycles. The molecule has 0 spiro atoms. The first-order chi connectivity index (χ1) is 11.2. The van der Waals surface area contributed by atoms with E-state index in [1.807, 2.05) is 12.1 Å². The minimum Gasteiger partial charge on any atom is -0.489 e. The van der Waals surface area contributed by atoms with Gasteiger partial charge in [0.05, 0.1) is 16.8 Å². The van der Waals surface area contributed by atoms with E-state index in [0.717, 1.165) is 18.4 Å². The Bertz CT molecular complexity index is 917. The molecule has 0 saturated heterocycles. The first-order valence-corrected chi connectivity index (χ1v) is 7.42. The van der Waals surface area contributed by atoms with Crippen LogP contribution in [0.5, 0.6) is 5.75 Å². The van der Waals surface area contributed by atoms with Crippen molar-refractivity contribution < 1.29 is 9.26 Å². The summed E-state index contributed by atoms with van der Waals surface area (Å²) in [5, 5.41) is 4.14. The maximum atomic E-state index is 11.0.